The molecule has 1 aromatic carbocycles. The van der Waals surface area contributed by atoms with E-state index in [1.54, 1.807) is 0 Å². The van der Waals surface area contributed by atoms with Crippen LogP contribution in [-0.2, 0) is 9.05 Å². The lowest BCUT2D eigenvalue weighted by atomic mass is 10.3. The maximum absolute atomic E-state index is 13.7. The highest BCUT2D eigenvalue weighted by molar-refractivity contribution is 9.10. The van der Waals surface area contributed by atoms with Crippen LogP contribution in [0.5, 0.6) is 5.75 Å². The van der Waals surface area contributed by atoms with Gasteiger partial charge in [0.1, 0.15) is 16.5 Å². The number of rotatable bonds is 6. The SMILES string of the molecule is O=S(=O)(Cl)c1cc(Br)c(OCCCN2CCCC2)cc1F. The quantitative estimate of drug-likeness (QED) is 0.542. The molecular formula is C13H16BrClFNO3S. The first-order chi connectivity index (χ1) is 9.88. The van der Waals surface area contributed by atoms with Crippen molar-refractivity contribution in [3.8, 4) is 5.75 Å². The van der Waals surface area contributed by atoms with Crippen LogP contribution >= 0.6 is 26.6 Å². The Balaban J connectivity index is 1.93. The molecule has 0 bridgehead atoms. The summed E-state index contributed by atoms with van der Waals surface area (Å²) >= 11 is 3.17. The van der Waals surface area contributed by atoms with Crippen LogP contribution in [0.1, 0.15) is 19.3 Å². The fourth-order valence-corrected chi connectivity index (χ4v) is 3.80. The molecule has 0 atom stereocenters. The Morgan fingerprint density at radius 2 is 2.00 bits per heavy atom. The van der Waals surface area contributed by atoms with Gasteiger partial charge in [-0.25, -0.2) is 12.8 Å². The van der Waals surface area contributed by atoms with Crippen molar-refractivity contribution in [1.29, 1.82) is 0 Å². The fraction of sp³-hybridized carbons (Fsp3) is 0.538. The first-order valence-corrected chi connectivity index (χ1v) is 9.77. The molecule has 0 aromatic heterocycles. The molecule has 1 heterocycles. The van der Waals surface area contributed by atoms with Gasteiger partial charge in [0, 0.05) is 23.3 Å². The summed E-state index contributed by atoms with van der Waals surface area (Å²) in [7, 11) is 1.05. The minimum absolute atomic E-state index is 0.276. The lowest BCUT2D eigenvalue weighted by molar-refractivity contribution is 0.261. The Morgan fingerprint density at radius 1 is 1.33 bits per heavy atom. The van der Waals surface area contributed by atoms with Gasteiger partial charge in [-0.15, -0.1) is 0 Å². The summed E-state index contributed by atoms with van der Waals surface area (Å²) < 4.78 is 41.9. The Kier molecular flexibility index (Phi) is 5.88. The van der Waals surface area contributed by atoms with Crippen LogP contribution in [-0.4, -0.2) is 39.6 Å². The van der Waals surface area contributed by atoms with Crippen LogP contribution in [0.4, 0.5) is 4.39 Å². The van der Waals surface area contributed by atoms with Crippen molar-refractivity contribution in [3.05, 3.63) is 22.4 Å². The number of hydrogen-bond donors (Lipinski definition) is 0. The molecule has 0 amide bonds. The van der Waals surface area contributed by atoms with Crippen molar-refractivity contribution in [3.63, 3.8) is 0 Å². The third-order valence-corrected chi connectivity index (χ3v) is 5.28. The Labute approximate surface area is 136 Å². The number of nitrogens with zero attached hydrogens (tertiary/aromatic N) is 1. The average molecular weight is 401 g/mol. The van der Waals surface area contributed by atoms with Gasteiger partial charge in [-0.1, -0.05) is 0 Å². The normalized spacial score (nSPS) is 16.3. The number of ether oxygens (including phenoxy) is 1. The third-order valence-electron chi connectivity index (χ3n) is 3.32. The molecule has 2 rings (SSSR count). The summed E-state index contributed by atoms with van der Waals surface area (Å²) in [5.41, 5.74) is 0. The number of likely N-dealkylation sites (tertiary alicyclic amines) is 1. The standard InChI is InChI=1S/C13H16BrClFNO3S/c14-10-8-13(21(15,18)19)11(16)9-12(10)20-7-3-6-17-4-1-2-5-17/h8-9H,1-7H2. The molecule has 1 fully saturated rings. The monoisotopic (exact) mass is 399 g/mol. The highest BCUT2D eigenvalue weighted by Crippen LogP contribution is 2.31. The summed E-state index contributed by atoms with van der Waals surface area (Å²) in [4.78, 5) is 1.81. The van der Waals surface area contributed by atoms with E-state index in [0.29, 0.717) is 11.1 Å². The van der Waals surface area contributed by atoms with E-state index < -0.39 is 19.8 Å². The van der Waals surface area contributed by atoms with Crippen molar-refractivity contribution in [2.24, 2.45) is 0 Å². The topological polar surface area (TPSA) is 46.6 Å². The van der Waals surface area contributed by atoms with Gasteiger partial charge in [-0.05, 0) is 54.3 Å². The van der Waals surface area contributed by atoms with Gasteiger partial charge in [-0.2, -0.15) is 0 Å². The molecule has 8 heteroatoms. The summed E-state index contributed by atoms with van der Waals surface area (Å²) in [6.07, 6.45) is 3.32. The van der Waals surface area contributed by atoms with E-state index in [0.717, 1.165) is 38.2 Å². The van der Waals surface area contributed by atoms with Gasteiger partial charge in [0.2, 0.25) is 0 Å². The second-order valence-electron chi connectivity index (χ2n) is 4.90. The van der Waals surface area contributed by atoms with Gasteiger partial charge in [0.15, 0.2) is 0 Å². The summed E-state index contributed by atoms with van der Waals surface area (Å²) in [6, 6.07) is 2.16. The lowest BCUT2D eigenvalue weighted by Crippen LogP contribution is -2.21. The van der Waals surface area contributed by atoms with Crippen LogP contribution in [0.3, 0.4) is 0 Å². The lowest BCUT2D eigenvalue weighted by Gasteiger charge is -2.15. The first kappa shape index (κ1) is 17.0. The van der Waals surface area contributed by atoms with E-state index in [4.69, 9.17) is 15.4 Å². The largest absolute Gasteiger partial charge is 0.492 e. The molecule has 21 heavy (non-hydrogen) atoms. The zero-order chi connectivity index (χ0) is 15.5. The van der Waals surface area contributed by atoms with E-state index in [9.17, 15) is 12.8 Å². The molecule has 0 unspecified atom stereocenters. The highest BCUT2D eigenvalue weighted by Gasteiger charge is 2.19. The number of halogens is 3. The van der Waals surface area contributed by atoms with E-state index in [-0.39, 0.29) is 5.75 Å². The second-order valence-corrected chi connectivity index (χ2v) is 8.29. The van der Waals surface area contributed by atoms with Gasteiger partial charge >= 0.3 is 0 Å². The zero-order valence-corrected chi connectivity index (χ0v) is 14.5. The molecule has 1 aliphatic heterocycles. The molecule has 0 radical (unpaired) electrons. The minimum Gasteiger partial charge on any atom is -0.492 e. The van der Waals surface area contributed by atoms with Crippen LogP contribution in [0.2, 0.25) is 0 Å². The Morgan fingerprint density at radius 3 is 2.62 bits per heavy atom. The molecule has 0 aliphatic carbocycles. The molecule has 0 N–H and O–H groups in total. The first-order valence-electron chi connectivity index (χ1n) is 6.67. The maximum Gasteiger partial charge on any atom is 0.264 e. The molecular weight excluding hydrogens is 385 g/mol. The number of benzene rings is 1. The van der Waals surface area contributed by atoms with Crippen molar-refractivity contribution >= 4 is 35.7 Å². The molecule has 0 saturated carbocycles. The van der Waals surface area contributed by atoms with Crippen molar-refractivity contribution in [1.82, 2.24) is 4.90 Å². The predicted octanol–water partition coefficient (Wildman–Crippen LogP) is 3.38. The predicted molar refractivity (Wildman–Crippen MR) is 82.9 cm³/mol. The maximum atomic E-state index is 13.7. The molecule has 1 aliphatic rings. The van der Waals surface area contributed by atoms with E-state index in [1.165, 1.54) is 12.8 Å². The van der Waals surface area contributed by atoms with Crippen LogP contribution in [0.15, 0.2) is 21.5 Å². The molecule has 118 valence electrons. The van der Waals surface area contributed by atoms with Crippen LogP contribution < -0.4 is 4.74 Å². The molecule has 0 spiro atoms. The van der Waals surface area contributed by atoms with Crippen molar-refractivity contribution < 1.29 is 17.5 Å². The zero-order valence-electron chi connectivity index (χ0n) is 11.3. The van der Waals surface area contributed by atoms with Gasteiger partial charge in [-0.3, -0.25) is 0 Å². The fourth-order valence-electron chi connectivity index (χ4n) is 2.28. The van der Waals surface area contributed by atoms with Crippen LogP contribution in [0.25, 0.3) is 0 Å². The van der Waals surface area contributed by atoms with E-state index >= 15 is 0 Å². The smallest absolute Gasteiger partial charge is 0.264 e. The van der Waals surface area contributed by atoms with Gasteiger partial charge in [0.25, 0.3) is 9.05 Å². The van der Waals surface area contributed by atoms with Crippen molar-refractivity contribution in [2.75, 3.05) is 26.2 Å². The molecule has 4 nitrogen and oxygen atoms in total. The summed E-state index contributed by atoms with van der Waals surface area (Å²) in [5.74, 6) is -0.638. The third kappa shape index (κ3) is 4.81. The van der Waals surface area contributed by atoms with Crippen molar-refractivity contribution in [2.45, 2.75) is 24.2 Å². The summed E-state index contributed by atoms with van der Waals surface area (Å²) in [6.45, 7) is 3.65. The average Bonchev–Trinajstić information content (AvgIpc) is 2.90. The van der Waals surface area contributed by atoms with E-state index in [2.05, 4.69) is 20.8 Å². The summed E-state index contributed by atoms with van der Waals surface area (Å²) in [5, 5.41) is 0. The van der Waals surface area contributed by atoms with E-state index in [1.807, 2.05) is 0 Å². The highest BCUT2D eigenvalue weighted by atomic mass is 79.9. The van der Waals surface area contributed by atoms with Gasteiger partial charge < -0.3 is 9.64 Å². The van der Waals surface area contributed by atoms with Gasteiger partial charge in [0.05, 0.1) is 11.1 Å². The Bertz CT molecular complexity index is 606. The molecule has 1 saturated heterocycles. The molecule has 1 aromatic rings. The van der Waals surface area contributed by atoms with Crippen LogP contribution in [0, 0.1) is 5.82 Å². The Hall–Kier alpha value is -0.370. The number of hydrogen-bond acceptors (Lipinski definition) is 4. The second kappa shape index (κ2) is 7.26. The minimum atomic E-state index is -4.10.